The second-order valence-electron chi connectivity index (χ2n) is 4.27. The molecule has 0 bridgehead atoms. The van der Waals surface area contributed by atoms with Crippen LogP contribution in [0.5, 0.6) is 11.5 Å². The fraction of sp³-hybridized carbons (Fsp3) is 0.357. The van der Waals surface area contributed by atoms with E-state index in [2.05, 4.69) is 33.2 Å². The monoisotopic (exact) mass is 356 g/mol. The lowest BCUT2D eigenvalue weighted by atomic mass is 10.2. The van der Waals surface area contributed by atoms with Crippen molar-refractivity contribution in [3.05, 3.63) is 27.7 Å². The highest BCUT2D eigenvalue weighted by atomic mass is 79.9. The number of hydrogen-bond acceptors (Lipinski definition) is 5. The van der Waals surface area contributed by atoms with Gasteiger partial charge in [-0.3, -0.25) is 0 Å². The van der Waals surface area contributed by atoms with Crippen molar-refractivity contribution in [2.45, 2.75) is 13.0 Å². The molecular weight excluding hydrogens is 340 g/mol. The lowest BCUT2D eigenvalue weighted by Gasteiger charge is -2.10. The number of halogens is 1. The van der Waals surface area contributed by atoms with Crippen LogP contribution in [0.2, 0.25) is 0 Å². The van der Waals surface area contributed by atoms with Gasteiger partial charge in [0.05, 0.1) is 14.2 Å². The molecule has 0 aliphatic heterocycles. The van der Waals surface area contributed by atoms with Crippen LogP contribution in [0.25, 0.3) is 10.6 Å². The highest BCUT2D eigenvalue weighted by Gasteiger charge is 2.15. The quantitative estimate of drug-likeness (QED) is 0.882. The Hall–Kier alpha value is -1.11. The summed E-state index contributed by atoms with van der Waals surface area (Å²) >= 11 is 5.23. The average molecular weight is 357 g/mol. The van der Waals surface area contributed by atoms with Crippen LogP contribution >= 0.6 is 27.3 Å². The van der Waals surface area contributed by atoms with Crippen molar-refractivity contribution in [2.24, 2.45) is 0 Å². The second kappa shape index (κ2) is 6.56. The Morgan fingerprint density at radius 2 is 1.90 bits per heavy atom. The molecule has 1 atom stereocenters. The predicted molar refractivity (Wildman–Crippen MR) is 85.8 cm³/mol. The van der Waals surface area contributed by atoms with E-state index >= 15 is 0 Å². The third-order valence-electron chi connectivity index (χ3n) is 3.09. The maximum Gasteiger partial charge on any atom is 0.161 e. The Bertz CT molecular complexity index is 601. The van der Waals surface area contributed by atoms with Gasteiger partial charge in [0, 0.05) is 27.2 Å². The number of thiazole rings is 1. The molecule has 1 N–H and O–H groups in total. The molecule has 2 rings (SSSR count). The zero-order chi connectivity index (χ0) is 14.7. The summed E-state index contributed by atoms with van der Waals surface area (Å²) in [5, 5.41) is 4.17. The summed E-state index contributed by atoms with van der Waals surface area (Å²) in [4.78, 5) is 5.70. The van der Waals surface area contributed by atoms with Crippen molar-refractivity contribution in [1.82, 2.24) is 10.3 Å². The minimum absolute atomic E-state index is 0.292. The lowest BCUT2D eigenvalue weighted by molar-refractivity contribution is 0.355. The molecule has 108 valence electrons. The molecule has 6 heteroatoms. The molecule has 1 aromatic heterocycles. The summed E-state index contributed by atoms with van der Waals surface area (Å²) < 4.78 is 11.6. The Balaban J connectivity index is 2.44. The van der Waals surface area contributed by atoms with Crippen molar-refractivity contribution in [2.75, 3.05) is 21.3 Å². The Morgan fingerprint density at radius 1 is 1.25 bits per heavy atom. The SMILES string of the molecule is CNC(C)c1cnc(-c2cc(OC)c(OC)cc2Br)s1. The van der Waals surface area contributed by atoms with Crippen LogP contribution in [0.4, 0.5) is 0 Å². The van der Waals surface area contributed by atoms with Gasteiger partial charge in [-0.1, -0.05) is 0 Å². The fourth-order valence-electron chi connectivity index (χ4n) is 1.77. The first-order chi connectivity index (χ1) is 9.60. The molecule has 0 spiro atoms. The summed E-state index contributed by atoms with van der Waals surface area (Å²) in [5.74, 6) is 1.40. The molecule has 4 nitrogen and oxygen atoms in total. The normalized spacial score (nSPS) is 12.2. The van der Waals surface area contributed by atoms with Crippen LogP contribution < -0.4 is 14.8 Å². The summed E-state index contributed by atoms with van der Waals surface area (Å²) in [6.45, 7) is 2.11. The zero-order valence-corrected chi connectivity index (χ0v) is 14.3. The van der Waals surface area contributed by atoms with E-state index in [1.807, 2.05) is 25.4 Å². The first kappa shape index (κ1) is 15.3. The van der Waals surface area contributed by atoms with E-state index in [-0.39, 0.29) is 0 Å². The molecule has 0 aliphatic carbocycles. The molecular formula is C14H17BrN2O2S. The van der Waals surface area contributed by atoms with E-state index in [1.165, 1.54) is 4.88 Å². The largest absolute Gasteiger partial charge is 0.493 e. The molecule has 0 radical (unpaired) electrons. The molecule has 0 aliphatic rings. The number of hydrogen-bond donors (Lipinski definition) is 1. The summed E-state index contributed by atoms with van der Waals surface area (Å²) in [5.41, 5.74) is 1.00. The Labute approximate surface area is 131 Å². The van der Waals surface area contributed by atoms with E-state index in [1.54, 1.807) is 25.6 Å². The molecule has 0 fully saturated rings. The van der Waals surface area contributed by atoms with Crippen LogP contribution in [0.1, 0.15) is 17.8 Å². The highest BCUT2D eigenvalue weighted by Crippen LogP contribution is 2.40. The van der Waals surface area contributed by atoms with Gasteiger partial charge in [-0.2, -0.15) is 0 Å². The van der Waals surface area contributed by atoms with Gasteiger partial charge in [-0.05, 0) is 42.0 Å². The fourth-order valence-corrected chi connectivity index (χ4v) is 3.42. The van der Waals surface area contributed by atoms with Crippen LogP contribution in [0, 0.1) is 0 Å². The predicted octanol–water partition coefficient (Wildman–Crippen LogP) is 3.87. The maximum absolute atomic E-state index is 5.35. The third-order valence-corrected chi connectivity index (χ3v) is 4.96. The highest BCUT2D eigenvalue weighted by molar-refractivity contribution is 9.10. The van der Waals surface area contributed by atoms with Crippen molar-refractivity contribution in [1.29, 1.82) is 0 Å². The number of rotatable bonds is 5. The van der Waals surface area contributed by atoms with Gasteiger partial charge in [-0.15, -0.1) is 11.3 Å². The number of nitrogens with one attached hydrogen (secondary N) is 1. The number of methoxy groups -OCH3 is 2. The minimum atomic E-state index is 0.292. The van der Waals surface area contributed by atoms with Gasteiger partial charge >= 0.3 is 0 Å². The van der Waals surface area contributed by atoms with Gasteiger partial charge in [0.25, 0.3) is 0 Å². The van der Waals surface area contributed by atoms with Crippen LogP contribution in [0.3, 0.4) is 0 Å². The lowest BCUT2D eigenvalue weighted by Crippen LogP contribution is -2.10. The molecule has 0 saturated carbocycles. The number of benzene rings is 1. The molecule has 0 amide bonds. The minimum Gasteiger partial charge on any atom is -0.493 e. The standard InChI is InChI=1S/C14H17BrN2O2S/c1-8(16-2)13-7-17-14(20-13)9-5-11(18-3)12(19-4)6-10(9)15/h5-8,16H,1-4H3. The van der Waals surface area contributed by atoms with Gasteiger partial charge in [0.1, 0.15) is 5.01 Å². The Kier molecular flexibility index (Phi) is 5.01. The van der Waals surface area contributed by atoms with Crippen LogP contribution in [0.15, 0.2) is 22.8 Å². The summed E-state index contributed by atoms with van der Waals surface area (Å²) in [7, 11) is 5.20. The van der Waals surface area contributed by atoms with E-state index in [0.717, 1.165) is 15.0 Å². The van der Waals surface area contributed by atoms with E-state index in [9.17, 15) is 0 Å². The smallest absolute Gasteiger partial charge is 0.161 e. The first-order valence-electron chi connectivity index (χ1n) is 6.15. The summed E-state index contributed by atoms with van der Waals surface area (Å²) in [6, 6.07) is 4.13. The van der Waals surface area contributed by atoms with E-state index in [4.69, 9.17) is 9.47 Å². The van der Waals surface area contributed by atoms with Gasteiger partial charge in [0.15, 0.2) is 11.5 Å². The van der Waals surface area contributed by atoms with Crippen LogP contribution in [-0.4, -0.2) is 26.3 Å². The van der Waals surface area contributed by atoms with Gasteiger partial charge in [-0.25, -0.2) is 4.98 Å². The molecule has 1 aromatic carbocycles. The molecule has 20 heavy (non-hydrogen) atoms. The summed E-state index contributed by atoms with van der Waals surface area (Å²) in [6.07, 6.45) is 1.91. The molecule has 0 saturated heterocycles. The molecule has 1 heterocycles. The van der Waals surface area contributed by atoms with Crippen LogP contribution in [-0.2, 0) is 0 Å². The zero-order valence-electron chi connectivity index (χ0n) is 11.9. The Morgan fingerprint density at radius 3 is 2.50 bits per heavy atom. The molecule has 1 unspecified atom stereocenters. The third kappa shape index (κ3) is 2.97. The van der Waals surface area contributed by atoms with Crippen molar-refractivity contribution in [3.8, 4) is 22.1 Å². The number of ether oxygens (including phenoxy) is 2. The number of nitrogens with zero attached hydrogens (tertiary/aromatic N) is 1. The number of aromatic nitrogens is 1. The van der Waals surface area contributed by atoms with Crippen molar-refractivity contribution in [3.63, 3.8) is 0 Å². The van der Waals surface area contributed by atoms with E-state index in [0.29, 0.717) is 17.5 Å². The molecule has 2 aromatic rings. The van der Waals surface area contributed by atoms with Gasteiger partial charge in [0.2, 0.25) is 0 Å². The van der Waals surface area contributed by atoms with Crippen molar-refractivity contribution < 1.29 is 9.47 Å². The maximum atomic E-state index is 5.35. The first-order valence-corrected chi connectivity index (χ1v) is 7.76. The average Bonchev–Trinajstić information content (AvgIpc) is 2.95. The second-order valence-corrected chi connectivity index (χ2v) is 6.18. The van der Waals surface area contributed by atoms with E-state index < -0.39 is 0 Å². The van der Waals surface area contributed by atoms with Crippen molar-refractivity contribution >= 4 is 27.3 Å². The topological polar surface area (TPSA) is 43.4 Å². The van der Waals surface area contributed by atoms with Gasteiger partial charge < -0.3 is 14.8 Å².